The number of pyridine rings is 1. The molecule has 0 radical (unpaired) electrons. The van der Waals surface area contributed by atoms with E-state index in [4.69, 9.17) is 0 Å². The number of amides is 1. The summed E-state index contributed by atoms with van der Waals surface area (Å²) in [5.41, 5.74) is 0.942. The quantitative estimate of drug-likeness (QED) is 0.739. The Morgan fingerprint density at radius 1 is 1.27 bits per heavy atom. The Labute approximate surface area is 150 Å². The summed E-state index contributed by atoms with van der Waals surface area (Å²) >= 11 is 0. The summed E-state index contributed by atoms with van der Waals surface area (Å²) in [6.07, 6.45) is 4.83. The van der Waals surface area contributed by atoms with E-state index in [1.807, 2.05) is 0 Å². The number of hydrogen-bond acceptors (Lipinski definition) is 4. The van der Waals surface area contributed by atoms with Crippen molar-refractivity contribution in [3.05, 3.63) is 59.0 Å². The predicted molar refractivity (Wildman–Crippen MR) is 94.5 cm³/mol. The molecular formula is C19H20FN3O3. The van der Waals surface area contributed by atoms with E-state index in [0.717, 1.165) is 12.8 Å². The standard InChI is InChI=1S/C19H20FN3O3/c1-11-9-12(5-6-15(11)20)17(19(25)26)23-18(24)13-7-8-21-16(10-13)22-14-3-2-4-14/h5-10,14,17H,2-4H2,1H3,(H,21,22)(H,23,24)(H,25,26). The number of hydrogen-bond donors (Lipinski definition) is 3. The monoisotopic (exact) mass is 357 g/mol. The average Bonchev–Trinajstić information content (AvgIpc) is 2.58. The number of carbonyl (C=O) groups excluding carboxylic acids is 1. The molecule has 26 heavy (non-hydrogen) atoms. The van der Waals surface area contributed by atoms with Gasteiger partial charge < -0.3 is 15.7 Å². The number of carboxylic acid groups (broad SMARTS) is 1. The van der Waals surface area contributed by atoms with Gasteiger partial charge in [0.1, 0.15) is 11.6 Å². The molecule has 2 aromatic rings. The van der Waals surface area contributed by atoms with Gasteiger partial charge in [0, 0.05) is 17.8 Å². The molecule has 1 heterocycles. The fraction of sp³-hybridized carbons (Fsp3) is 0.316. The van der Waals surface area contributed by atoms with E-state index in [2.05, 4.69) is 15.6 Å². The average molecular weight is 357 g/mol. The summed E-state index contributed by atoms with van der Waals surface area (Å²) in [4.78, 5) is 28.3. The van der Waals surface area contributed by atoms with Gasteiger partial charge in [0.2, 0.25) is 0 Å². The van der Waals surface area contributed by atoms with E-state index < -0.39 is 23.7 Å². The van der Waals surface area contributed by atoms with Crippen LogP contribution in [-0.4, -0.2) is 28.0 Å². The number of benzene rings is 1. The highest BCUT2D eigenvalue weighted by Crippen LogP contribution is 2.23. The first kappa shape index (κ1) is 17.8. The van der Waals surface area contributed by atoms with Crippen molar-refractivity contribution in [2.45, 2.75) is 38.3 Å². The summed E-state index contributed by atoms with van der Waals surface area (Å²) < 4.78 is 13.4. The fourth-order valence-electron chi connectivity index (χ4n) is 2.76. The molecule has 3 rings (SSSR count). The predicted octanol–water partition coefficient (Wildman–Crippen LogP) is 3.05. The molecule has 0 aliphatic heterocycles. The Morgan fingerprint density at radius 2 is 2.04 bits per heavy atom. The van der Waals surface area contributed by atoms with Crippen LogP contribution in [0.3, 0.4) is 0 Å². The lowest BCUT2D eigenvalue weighted by molar-refractivity contribution is -0.139. The largest absolute Gasteiger partial charge is 0.479 e. The van der Waals surface area contributed by atoms with Gasteiger partial charge in [-0.15, -0.1) is 0 Å². The van der Waals surface area contributed by atoms with Crippen molar-refractivity contribution in [2.75, 3.05) is 5.32 Å². The molecule has 0 spiro atoms. The molecule has 1 saturated carbocycles. The second kappa shape index (κ2) is 7.51. The zero-order valence-electron chi connectivity index (χ0n) is 14.3. The van der Waals surface area contributed by atoms with Gasteiger partial charge in [-0.2, -0.15) is 0 Å². The number of rotatable bonds is 6. The van der Waals surface area contributed by atoms with Crippen LogP contribution in [0.25, 0.3) is 0 Å². The molecule has 1 aliphatic carbocycles. The van der Waals surface area contributed by atoms with E-state index >= 15 is 0 Å². The van der Waals surface area contributed by atoms with E-state index in [0.29, 0.717) is 28.6 Å². The highest BCUT2D eigenvalue weighted by molar-refractivity contribution is 5.97. The number of aromatic nitrogens is 1. The molecular weight excluding hydrogens is 337 g/mol. The number of halogens is 1. The number of aliphatic carboxylic acids is 1. The van der Waals surface area contributed by atoms with E-state index in [9.17, 15) is 19.1 Å². The second-order valence-electron chi connectivity index (χ2n) is 6.46. The van der Waals surface area contributed by atoms with Gasteiger partial charge in [-0.1, -0.05) is 12.1 Å². The number of carbonyl (C=O) groups is 2. The van der Waals surface area contributed by atoms with Gasteiger partial charge in [-0.3, -0.25) is 4.79 Å². The van der Waals surface area contributed by atoms with Crippen molar-refractivity contribution in [3.63, 3.8) is 0 Å². The number of nitrogens with zero attached hydrogens (tertiary/aromatic N) is 1. The normalized spacial score (nSPS) is 15.0. The molecule has 136 valence electrons. The summed E-state index contributed by atoms with van der Waals surface area (Å²) in [6, 6.07) is 6.20. The van der Waals surface area contributed by atoms with Gasteiger partial charge in [0.05, 0.1) is 0 Å². The Kier molecular flexibility index (Phi) is 5.16. The highest BCUT2D eigenvalue weighted by atomic mass is 19.1. The van der Waals surface area contributed by atoms with Crippen LogP contribution in [0.1, 0.15) is 46.8 Å². The Morgan fingerprint density at radius 3 is 2.65 bits per heavy atom. The zero-order valence-corrected chi connectivity index (χ0v) is 14.3. The van der Waals surface area contributed by atoms with Crippen LogP contribution in [-0.2, 0) is 4.79 Å². The Hall–Kier alpha value is -2.96. The summed E-state index contributed by atoms with van der Waals surface area (Å²) in [5, 5.41) is 15.2. The third-order valence-corrected chi connectivity index (χ3v) is 4.52. The maximum atomic E-state index is 13.4. The lowest BCUT2D eigenvalue weighted by Gasteiger charge is -2.27. The molecule has 1 fully saturated rings. The van der Waals surface area contributed by atoms with Gasteiger partial charge in [-0.05, 0) is 55.5 Å². The van der Waals surface area contributed by atoms with Gasteiger partial charge in [-0.25, -0.2) is 14.2 Å². The van der Waals surface area contributed by atoms with Crippen LogP contribution in [0.2, 0.25) is 0 Å². The van der Waals surface area contributed by atoms with Crippen molar-refractivity contribution < 1.29 is 19.1 Å². The molecule has 1 unspecified atom stereocenters. The molecule has 0 saturated heterocycles. The number of carboxylic acids is 1. The third-order valence-electron chi connectivity index (χ3n) is 4.52. The topological polar surface area (TPSA) is 91.3 Å². The second-order valence-corrected chi connectivity index (χ2v) is 6.46. The lowest BCUT2D eigenvalue weighted by Crippen LogP contribution is -2.34. The molecule has 3 N–H and O–H groups in total. The first-order valence-electron chi connectivity index (χ1n) is 8.46. The van der Waals surface area contributed by atoms with Crippen molar-refractivity contribution in [2.24, 2.45) is 0 Å². The molecule has 1 aliphatic rings. The summed E-state index contributed by atoms with van der Waals surface area (Å²) in [5.74, 6) is -1.58. The van der Waals surface area contributed by atoms with Crippen molar-refractivity contribution in [1.29, 1.82) is 0 Å². The summed E-state index contributed by atoms with van der Waals surface area (Å²) in [7, 11) is 0. The molecule has 0 bridgehead atoms. The number of nitrogens with one attached hydrogen (secondary N) is 2. The minimum Gasteiger partial charge on any atom is -0.479 e. The molecule has 1 atom stereocenters. The minimum atomic E-state index is -1.27. The Balaban J connectivity index is 1.76. The van der Waals surface area contributed by atoms with Crippen molar-refractivity contribution in [3.8, 4) is 0 Å². The van der Waals surface area contributed by atoms with E-state index in [1.54, 1.807) is 13.0 Å². The summed E-state index contributed by atoms with van der Waals surface area (Å²) in [6.45, 7) is 1.54. The maximum Gasteiger partial charge on any atom is 0.330 e. The molecule has 7 heteroatoms. The zero-order chi connectivity index (χ0) is 18.7. The molecule has 1 aromatic heterocycles. The van der Waals surface area contributed by atoms with E-state index in [-0.39, 0.29) is 0 Å². The van der Waals surface area contributed by atoms with Gasteiger partial charge >= 0.3 is 5.97 Å². The Bertz CT molecular complexity index is 837. The number of anilines is 1. The van der Waals surface area contributed by atoms with Crippen LogP contribution < -0.4 is 10.6 Å². The van der Waals surface area contributed by atoms with Gasteiger partial charge in [0.25, 0.3) is 5.91 Å². The van der Waals surface area contributed by atoms with Gasteiger partial charge in [0.15, 0.2) is 6.04 Å². The van der Waals surface area contributed by atoms with Crippen LogP contribution in [0, 0.1) is 12.7 Å². The molecule has 1 amide bonds. The first-order chi connectivity index (χ1) is 12.4. The van der Waals surface area contributed by atoms with E-state index in [1.165, 1.54) is 36.9 Å². The fourth-order valence-corrected chi connectivity index (χ4v) is 2.76. The molecule has 6 nitrogen and oxygen atoms in total. The van der Waals surface area contributed by atoms with Crippen LogP contribution >= 0.6 is 0 Å². The third kappa shape index (κ3) is 3.99. The van der Waals surface area contributed by atoms with Crippen LogP contribution in [0.5, 0.6) is 0 Å². The SMILES string of the molecule is Cc1cc(C(NC(=O)c2ccnc(NC3CCC3)c2)C(=O)O)ccc1F. The smallest absolute Gasteiger partial charge is 0.330 e. The van der Waals surface area contributed by atoms with Crippen molar-refractivity contribution >= 4 is 17.7 Å². The highest BCUT2D eigenvalue weighted by Gasteiger charge is 2.24. The first-order valence-corrected chi connectivity index (χ1v) is 8.46. The van der Waals surface area contributed by atoms with Crippen molar-refractivity contribution in [1.82, 2.24) is 10.3 Å². The minimum absolute atomic E-state index is 0.312. The van der Waals surface area contributed by atoms with Crippen LogP contribution in [0.15, 0.2) is 36.5 Å². The number of aryl methyl sites for hydroxylation is 1. The lowest BCUT2D eigenvalue weighted by atomic mass is 9.93. The maximum absolute atomic E-state index is 13.4. The molecule has 1 aromatic carbocycles. The van der Waals surface area contributed by atoms with Crippen LogP contribution in [0.4, 0.5) is 10.2 Å².